The largest absolute Gasteiger partial charge is 0.433 e. The Morgan fingerprint density at radius 1 is 1.62 bits per heavy atom. The Labute approximate surface area is 98.7 Å². The van der Waals surface area contributed by atoms with Gasteiger partial charge in [0.25, 0.3) is 0 Å². The van der Waals surface area contributed by atoms with Crippen LogP contribution in [0.25, 0.3) is 0 Å². The molecule has 1 rings (SSSR count). The number of nitrogens with one attached hydrogen (secondary N) is 1. The normalized spacial score (nSPS) is 12.6. The first kappa shape index (κ1) is 13.1. The Kier molecular flexibility index (Phi) is 5.34. The maximum absolute atomic E-state index is 10.4. The minimum atomic E-state index is -0.525. The van der Waals surface area contributed by atoms with Crippen LogP contribution in [0.1, 0.15) is 19.1 Å². The highest BCUT2D eigenvalue weighted by molar-refractivity contribution is 7.98. The summed E-state index contributed by atoms with van der Waals surface area (Å²) in [5.41, 5.74) is 0. The van der Waals surface area contributed by atoms with Crippen LogP contribution in [-0.2, 0) is 6.54 Å². The van der Waals surface area contributed by atoms with Gasteiger partial charge in [-0.05, 0) is 18.7 Å². The predicted octanol–water partition coefficient (Wildman–Crippen LogP) is 2.42. The molecule has 1 unspecified atom stereocenters. The number of nitrogens with zero attached hydrogens (tertiary/aromatic N) is 1. The van der Waals surface area contributed by atoms with Crippen molar-refractivity contribution >= 4 is 17.6 Å². The summed E-state index contributed by atoms with van der Waals surface area (Å²) in [6, 6.07) is 3.43. The van der Waals surface area contributed by atoms with Crippen molar-refractivity contribution in [2.45, 2.75) is 25.9 Å². The molecule has 1 aromatic heterocycles. The van der Waals surface area contributed by atoms with Crippen LogP contribution in [0.3, 0.4) is 0 Å². The van der Waals surface area contributed by atoms with Crippen LogP contribution >= 0.6 is 11.8 Å². The molecule has 0 aromatic carbocycles. The van der Waals surface area contributed by atoms with Crippen LogP contribution in [0.15, 0.2) is 16.5 Å². The van der Waals surface area contributed by atoms with E-state index in [9.17, 15) is 10.1 Å². The van der Waals surface area contributed by atoms with E-state index in [2.05, 4.69) is 18.5 Å². The molecule has 5 nitrogen and oxygen atoms in total. The molecule has 0 bridgehead atoms. The summed E-state index contributed by atoms with van der Waals surface area (Å²) in [5, 5.41) is 13.7. The molecule has 0 saturated carbocycles. The summed E-state index contributed by atoms with van der Waals surface area (Å²) in [5.74, 6) is 1.43. The van der Waals surface area contributed by atoms with E-state index in [4.69, 9.17) is 4.42 Å². The molecular formula is C10H16N2O3S. The Balaban J connectivity index is 2.44. The topological polar surface area (TPSA) is 68.3 Å². The second-order valence-corrected chi connectivity index (χ2v) is 4.35. The minimum absolute atomic E-state index is 0.199. The third-order valence-electron chi connectivity index (χ3n) is 2.25. The Bertz CT molecular complexity index is 341. The van der Waals surface area contributed by atoms with Gasteiger partial charge in [-0.15, -0.1) is 0 Å². The molecule has 0 aliphatic heterocycles. The van der Waals surface area contributed by atoms with Crippen molar-refractivity contribution in [3.63, 3.8) is 0 Å². The summed E-state index contributed by atoms with van der Waals surface area (Å²) < 4.78 is 5.05. The molecule has 6 heteroatoms. The molecule has 0 radical (unpaired) electrons. The SMILES string of the molecule is CCC(CSC)NCc1ccc([N+](=O)[O-])o1. The first-order valence-corrected chi connectivity index (χ1v) is 6.52. The number of hydrogen-bond donors (Lipinski definition) is 1. The Hall–Kier alpha value is -1.01. The van der Waals surface area contributed by atoms with Crippen LogP contribution in [-0.4, -0.2) is 23.0 Å². The van der Waals surface area contributed by atoms with Crippen molar-refractivity contribution in [3.8, 4) is 0 Å². The average molecular weight is 244 g/mol. The lowest BCUT2D eigenvalue weighted by Crippen LogP contribution is -2.29. The lowest BCUT2D eigenvalue weighted by atomic mass is 10.2. The number of thioether (sulfide) groups is 1. The van der Waals surface area contributed by atoms with E-state index in [1.807, 2.05) is 0 Å². The zero-order chi connectivity index (χ0) is 12.0. The molecule has 0 saturated heterocycles. The van der Waals surface area contributed by atoms with Crippen molar-refractivity contribution < 1.29 is 9.34 Å². The molecule has 16 heavy (non-hydrogen) atoms. The lowest BCUT2D eigenvalue weighted by molar-refractivity contribution is -0.402. The maximum atomic E-state index is 10.4. The third-order valence-corrected chi connectivity index (χ3v) is 2.99. The molecule has 0 fully saturated rings. The van der Waals surface area contributed by atoms with Gasteiger partial charge in [0.15, 0.2) is 0 Å². The van der Waals surface area contributed by atoms with E-state index in [1.165, 1.54) is 6.07 Å². The molecular weight excluding hydrogens is 228 g/mol. The fourth-order valence-corrected chi connectivity index (χ4v) is 2.08. The minimum Gasteiger partial charge on any atom is -0.404 e. The van der Waals surface area contributed by atoms with Crippen LogP contribution in [0.4, 0.5) is 5.88 Å². The van der Waals surface area contributed by atoms with E-state index in [-0.39, 0.29) is 5.88 Å². The molecule has 90 valence electrons. The zero-order valence-electron chi connectivity index (χ0n) is 9.43. The second kappa shape index (κ2) is 6.55. The van der Waals surface area contributed by atoms with Gasteiger partial charge in [0, 0.05) is 11.8 Å². The van der Waals surface area contributed by atoms with Gasteiger partial charge in [-0.25, -0.2) is 0 Å². The number of nitro groups is 1. The van der Waals surface area contributed by atoms with Crippen molar-refractivity contribution in [3.05, 3.63) is 28.0 Å². The molecule has 0 aliphatic rings. The van der Waals surface area contributed by atoms with Gasteiger partial charge in [-0.2, -0.15) is 11.8 Å². The summed E-state index contributed by atoms with van der Waals surface area (Å²) in [6.07, 6.45) is 3.09. The summed E-state index contributed by atoms with van der Waals surface area (Å²) in [6.45, 7) is 2.64. The van der Waals surface area contributed by atoms with Gasteiger partial charge < -0.3 is 9.73 Å². The van der Waals surface area contributed by atoms with E-state index in [0.29, 0.717) is 18.3 Å². The second-order valence-electron chi connectivity index (χ2n) is 3.44. The van der Waals surface area contributed by atoms with Gasteiger partial charge in [-0.3, -0.25) is 10.1 Å². The number of rotatable bonds is 7. The molecule has 0 aliphatic carbocycles. The van der Waals surface area contributed by atoms with Crippen LogP contribution in [0.2, 0.25) is 0 Å². The van der Waals surface area contributed by atoms with Crippen LogP contribution in [0.5, 0.6) is 0 Å². The average Bonchev–Trinajstić information content (AvgIpc) is 2.73. The predicted molar refractivity (Wildman–Crippen MR) is 64.7 cm³/mol. The summed E-state index contributed by atoms with van der Waals surface area (Å²) in [7, 11) is 0. The van der Waals surface area contributed by atoms with Crippen molar-refractivity contribution in [1.82, 2.24) is 5.32 Å². The lowest BCUT2D eigenvalue weighted by Gasteiger charge is -2.14. The third kappa shape index (κ3) is 3.86. The molecule has 0 spiro atoms. The quantitative estimate of drug-likeness (QED) is 0.589. The fourth-order valence-electron chi connectivity index (χ4n) is 1.33. The molecule has 1 heterocycles. The Morgan fingerprint density at radius 2 is 2.38 bits per heavy atom. The molecule has 1 aromatic rings. The molecule has 0 amide bonds. The summed E-state index contributed by atoms with van der Waals surface area (Å²) >= 11 is 1.78. The van der Waals surface area contributed by atoms with Gasteiger partial charge in [0.2, 0.25) is 0 Å². The van der Waals surface area contributed by atoms with Crippen LogP contribution < -0.4 is 5.32 Å². The highest BCUT2D eigenvalue weighted by Gasteiger charge is 2.12. The highest BCUT2D eigenvalue weighted by Crippen LogP contribution is 2.15. The smallest absolute Gasteiger partial charge is 0.404 e. The summed E-state index contributed by atoms with van der Waals surface area (Å²) in [4.78, 5) is 9.87. The van der Waals surface area contributed by atoms with E-state index in [0.717, 1.165) is 12.2 Å². The van der Waals surface area contributed by atoms with Gasteiger partial charge in [-0.1, -0.05) is 6.92 Å². The monoisotopic (exact) mass is 244 g/mol. The van der Waals surface area contributed by atoms with Crippen molar-refractivity contribution in [2.24, 2.45) is 0 Å². The van der Waals surface area contributed by atoms with E-state index >= 15 is 0 Å². The fraction of sp³-hybridized carbons (Fsp3) is 0.600. The van der Waals surface area contributed by atoms with Crippen molar-refractivity contribution in [2.75, 3.05) is 12.0 Å². The van der Waals surface area contributed by atoms with Gasteiger partial charge >= 0.3 is 5.88 Å². The molecule has 1 atom stereocenters. The highest BCUT2D eigenvalue weighted by atomic mass is 32.2. The maximum Gasteiger partial charge on any atom is 0.433 e. The van der Waals surface area contributed by atoms with Crippen LogP contribution in [0, 0.1) is 10.1 Å². The van der Waals surface area contributed by atoms with E-state index in [1.54, 1.807) is 17.8 Å². The van der Waals surface area contributed by atoms with E-state index < -0.39 is 4.92 Å². The number of furan rings is 1. The first-order valence-electron chi connectivity index (χ1n) is 5.12. The number of hydrogen-bond acceptors (Lipinski definition) is 5. The first-order chi connectivity index (χ1) is 7.67. The zero-order valence-corrected chi connectivity index (χ0v) is 10.3. The molecule has 1 N–H and O–H groups in total. The van der Waals surface area contributed by atoms with Gasteiger partial charge in [0.05, 0.1) is 12.6 Å². The van der Waals surface area contributed by atoms with Crippen molar-refractivity contribution in [1.29, 1.82) is 0 Å². The Morgan fingerprint density at radius 3 is 2.88 bits per heavy atom. The standard InChI is InChI=1S/C10H16N2O3S/c1-3-8(7-16-2)11-6-9-4-5-10(15-9)12(13)14/h4-5,8,11H,3,6-7H2,1-2H3. The van der Waals surface area contributed by atoms with Gasteiger partial charge in [0.1, 0.15) is 10.7 Å².